The summed E-state index contributed by atoms with van der Waals surface area (Å²) in [7, 11) is 0. The van der Waals surface area contributed by atoms with Gasteiger partial charge in [0.1, 0.15) is 11.6 Å². The van der Waals surface area contributed by atoms with E-state index in [0.717, 1.165) is 12.1 Å². The summed E-state index contributed by atoms with van der Waals surface area (Å²) in [5.74, 6) is -2.67. The van der Waals surface area contributed by atoms with Crippen LogP contribution in [-0.2, 0) is 9.53 Å². The summed E-state index contributed by atoms with van der Waals surface area (Å²) in [6.07, 6.45) is -0.575. The molecule has 9 heteroatoms. The highest BCUT2D eigenvalue weighted by Crippen LogP contribution is 2.38. The predicted octanol–water partition coefficient (Wildman–Crippen LogP) is 3.96. The lowest BCUT2D eigenvalue weighted by atomic mass is 10.2. The molecular formula is C19H16ClF2NO5. The second kappa shape index (κ2) is 8.43. The van der Waals surface area contributed by atoms with E-state index < -0.39 is 29.6 Å². The number of hydrogen-bond donors (Lipinski definition) is 1. The number of anilines is 1. The van der Waals surface area contributed by atoms with Gasteiger partial charge in [-0.25, -0.2) is 13.6 Å². The van der Waals surface area contributed by atoms with E-state index in [-0.39, 0.29) is 16.3 Å². The third kappa shape index (κ3) is 4.51. The van der Waals surface area contributed by atoms with Crippen LogP contribution in [0.2, 0.25) is 5.02 Å². The normalized spacial score (nSPS) is 14.0. The number of ether oxygens (including phenoxy) is 3. The second-order valence-corrected chi connectivity index (χ2v) is 6.40. The fourth-order valence-corrected chi connectivity index (χ4v) is 2.72. The van der Waals surface area contributed by atoms with Gasteiger partial charge in [0, 0.05) is 12.5 Å². The number of halogens is 3. The van der Waals surface area contributed by atoms with Crippen LogP contribution < -0.4 is 14.8 Å². The maximum absolute atomic E-state index is 13.6. The molecule has 0 saturated carbocycles. The first-order valence-corrected chi connectivity index (χ1v) is 8.79. The van der Waals surface area contributed by atoms with Gasteiger partial charge in [-0.2, -0.15) is 0 Å². The molecule has 2 aromatic carbocycles. The first-order valence-electron chi connectivity index (χ1n) is 8.41. The van der Waals surface area contributed by atoms with Crippen LogP contribution in [0.5, 0.6) is 11.5 Å². The van der Waals surface area contributed by atoms with Gasteiger partial charge in [0.25, 0.3) is 5.91 Å². The van der Waals surface area contributed by atoms with Crippen LogP contribution in [0.3, 0.4) is 0 Å². The van der Waals surface area contributed by atoms with E-state index in [1.807, 2.05) is 0 Å². The van der Waals surface area contributed by atoms with Crippen molar-refractivity contribution in [2.75, 3.05) is 18.5 Å². The van der Waals surface area contributed by atoms with Crippen LogP contribution in [-0.4, -0.2) is 31.2 Å². The molecule has 1 aliphatic heterocycles. The molecule has 0 aromatic heterocycles. The number of amides is 1. The van der Waals surface area contributed by atoms with Crippen molar-refractivity contribution in [2.24, 2.45) is 0 Å². The lowest BCUT2D eigenvalue weighted by Gasteiger charge is -2.15. The summed E-state index contributed by atoms with van der Waals surface area (Å²) >= 11 is 6.14. The molecule has 148 valence electrons. The Morgan fingerprint density at radius 3 is 2.68 bits per heavy atom. The van der Waals surface area contributed by atoms with E-state index >= 15 is 0 Å². The third-order valence-electron chi connectivity index (χ3n) is 3.88. The van der Waals surface area contributed by atoms with Gasteiger partial charge >= 0.3 is 5.97 Å². The molecule has 0 saturated heterocycles. The highest BCUT2D eigenvalue weighted by Gasteiger charge is 2.23. The summed E-state index contributed by atoms with van der Waals surface area (Å²) in [5, 5.41) is 2.41. The number of nitrogens with one attached hydrogen (secondary N) is 1. The van der Waals surface area contributed by atoms with Crippen molar-refractivity contribution in [3.8, 4) is 11.5 Å². The summed E-state index contributed by atoms with van der Waals surface area (Å²) in [5.41, 5.74) is -0.158. The molecule has 28 heavy (non-hydrogen) atoms. The molecule has 0 bridgehead atoms. The van der Waals surface area contributed by atoms with Gasteiger partial charge in [-0.1, -0.05) is 11.6 Å². The number of carbonyl (C=O) groups is 2. The minimum Gasteiger partial charge on any atom is -0.489 e. The number of carbonyl (C=O) groups excluding carboxylic acids is 2. The van der Waals surface area contributed by atoms with E-state index in [2.05, 4.69) is 5.32 Å². The lowest BCUT2D eigenvalue weighted by molar-refractivity contribution is -0.123. The molecule has 0 aliphatic carbocycles. The largest absolute Gasteiger partial charge is 0.489 e. The van der Waals surface area contributed by atoms with Crippen LogP contribution in [0.25, 0.3) is 0 Å². The van der Waals surface area contributed by atoms with E-state index in [9.17, 15) is 18.4 Å². The number of esters is 1. The summed E-state index contributed by atoms with van der Waals surface area (Å²) < 4.78 is 42.7. The lowest BCUT2D eigenvalue weighted by Crippen LogP contribution is -2.30. The number of fused-ring (bicyclic) bond motifs is 1. The van der Waals surface area contributed by atoms with E-state index in [4.69, 9.17) is 25.8 Å². The molecule has 0 fully saturated rings. The van der Waals surface area contributed by atoms with Gasteiger partial charge in [-0.05, 0) is 31.2 Å². The Hall–Kier alpha value is -2.87. The van der Waals surface area contributed by atoms with Crippen molar-refractivity contribution in [1.29, 1.82) is 0 Å². The molecule has 0 spiro atoms. The molecule has 1 atom stereocenters. The fraction of sp³-hybridized carbons (Fsp3) is 0.263. The molecule has 2 aromatic rings. The van der Waals surface area contributed by atoms with Gasteiger partial charge < -0.3 is 19.5 Å². The van der Waals surface area contributed by atoms with Gasteiger partial charge in [-0.3, -0.25) is 4.79 Å². The van der Waals surface area contributed by atoms with Crippen LogP contribution >= 0.6 is 11.6 Å². The third-order valence-corrected chi connectivity index (χ3v) is 4.16. The quantitative estimate of drug-likeness (QED) is 0.771. The van der Waals surface area contributed by atoms with Crippen molar-refractivity contribution in [3.63, 3.8) is 0 Å². The smallest absolute Gasteiger partial charge is 0.339 e. The van der Waals surface area contributed by atoms with Crippen LogP contribution in [0, 0.1) is 11.6 Å². The Balaban J connectivity index is 1.69. The SMILES string of the molecule is C[C@H](OC(=O)c1cc(Cl)c2c(c1)OCCCO2)C(=O)Nc1ccc(F)cc1F. The van der Waals surface area contributed by atoms with Gasteiger partial charge in [0.2, 0.25) is 0 Å². The molecule has 3 rings (SSSR count). The van der Waals surface area contributed by atoms with E-state index in [1.165, 1.54) is 19.1 Å². The number of hydrogen-bond acceptors (Lipinski definition) is 5. The Labute approximate surface area is 164 Å². The fourth-order valence-electron chi connectivity index (χ4n) is 2.46. The van der Waals surface area contributed by atoms with Gasteiger partial charge in [0.05, 0.1) is 29.5 Å². The Morgan fingerprint density at radius 2 is 1.93 bits per heavy atom. The molecule has 1 N–H and O–H groups in total. The minimum atomic E-state index is -1.24. The maximum atomic E-state index is 13.6. The zero-order chi connectivity index (χ0) is 20.3. The zero-order valence-corrected chi connectivity index (χ0v) is 15.5. The standard InChI is InChI=1S/C19H16ClF2NO5/c1-10(18(24)23-15-4-3-12(21)9-14(15)22)28-19(25)11-7-13(20)17-16(8-11)26-5-2-6-27-17/h3-4,7-10H,2,5-6H2,1H3,(H,23,24)/t10-/m0/s1. The highest BCUT2D eigenvalue weighted by molar-refractivity contribution is 6.32. The highest BCUT2D eigenvalue weighted by atomic mass is 35.5. The Morgan fingerprint density at radius 1 is 1.18 bits per heavy atom. The van der Waals surface area contributed by atoms with Crippen molar-refractivity contribution in [2.45, 2.75) is 19.4 Å². The molecule has 0 radical (unpaired) electrons. The number of benzene rings is 2. The first kappa shape index (κ1) is 19.9. The molecule has 6 nitrogen and oxygen atoms in total. The van der Waals surface area contributed by atoms with Crippen LogP contribution in [0.15, 0.2) is 30.3 Å². The summed E-state index contributed by atoms with van der Waals surface area (Å²) in [4.78, 5) is 24.5. The monoisotopic (exact) mass is 411 g/mol. The van der Waals surface area contributed by atoms with Crippen molar-refractivity contribution in [1.82, 2.24) is 0 Å². The number of rotatable bonds is 4. The maximum Gasteiger partial charge on any atom is 0.339 e. The molecular weight excluding hydrogens is 396 g/mol. The van der Waals surface area contributed by atoms with Gasteiger partial charge in [0.15, 0.2) is 17.6 Å². The Bertz CT molecular complexity index is 921. The van der Waals surface area contributed by atoms with Gasteiger partial charge in [-0.15, -0.1) is 0 Å². The topological polar surface area (TPSA) is 73.9 Å². The molecule has 0 unspecified atom stereocenters. The molecule has 1 heterocycles. The van der Waals surface area contributed by atoms with E-state index in [1.54, 1.807) is 0 Å². The first-order chi connectivity index (χ1) is 13.3. The predicted molar refractivity (Wildman–Crippen MR) is 96.9 cm³/mol. The van der Waals surface area contributed by atoms with Crippen LogP contribution in [0.1, 0.15) is 23.7 Å². The van der Waals surface area contributed by atoms with Crippen LogP contribution in [0.4, 0.5) is 14.5 Å². The van der Waals surface area contributed by atoms with Crippen molar-refractivity contribution >= 4 is 29.2 Å². The minimum absolute atomic E-state index is 0.0712. The molecule has 1 amide bonds. The average Bonchev–Trinajstić information content (AvgIpc) is 2.89. The van der Waals surface area contributed by atoms with E-state index in [0.29, 0.717) is 37.2 Å². The van der Waals surface area contributed by atoms with Crippen molar-refractivity contribution < 1.29 is 32.6 Å². The summed E-state index contributed by atoms with van der Waals surface area (Å²) in [6, 6.07) is 5.46. The molecule has 1 aliphatic rings. The summed E-state index contributed by atoms with van der Waals surface area (Å²) in [6.45, 7) is 2.16. The second-order valence-electron chi connectivity index (χ2n) is 6.00. The zero-order valence-electron chi connectivity index (χ0n) is 14.8. The average molecular weight is 412 g/mol. The Kier molecular flexibility index (Phi) is 5.99. The van der Waals surface area contributed by atoms with Crippen molar-refractivity contribution in [3.05, 3.63) is 52.6 Å².